The molecule has 1 heterocycles. The van der Waals surface area contributed by atoms with Gasteiger partial charge in [0.15, 0.2) is 0 Å². The van der Waals surface area contributed by atoms with Gasteiger partial charge in [0.1, 0.15) is 0 Å². The number of aliphatic carboxylic acids is 1. The Kier molecular flexibility index (Phi) is 7.96. The summed E-state index contributed by atoms with van der Waals surface area (Å²) in [4.78, 5) is 12.9. The molecule has 2 N–H and O–H groups in total. The largest absolute Gasteiger partial charge is 0.481 e. The number of ether oxygens (including phenoxy) is 1. The molecule has 5 heteroatoms. The van der Waals surface area contributed by atoms with Gasteiger partial charge in [0.25, 0.3) is 0 Å². The van der Waals surface area contributed by atoms with Crippen LogP contribution in [0.15, 0.2) is 0 Å². The number of rotatable bonds is 9. The number of carboxylic acids is 1. The van der Waals surface area contributed by atoms with Crippen LogP contribution in [-0.4, -0.2) is 61.9 Å². The van der Waals surface area contributed by atoms with E-state index in [-0.39, 0.29) is 6.42 Å². The summed E-state index contributed by atoms with van der Waals surface area (Å²) in [6.07, 6.45) is 4.49. The normalized spacial score (nSPS) is 21.1. The third-order valence-corrected chi connectivity index (χ3v) is 3.33. The van der Waals surface area contributed by atoms with Gasteiger partial charge in [0.2, 0.25) is 0 Å². The molecular formula is C13H26N2O3. The molecule has 1 aliphatic heterocycles. The topological polar surface area (TPSA) is 61.8 Å². The van der Waals surface area contributed by atoms with Gasteiger partial charge in [0.05, 0.1) is 0 Å². The van der Waals surface area contributed by atoms with Crippen LogP contribution in [0.3, 0.4) is 0 Å². The van der Waals surface area contributed by atoms with Crippen LogP contribution in [0.4, 0.5) is 0 Å². The number of hydrogen-bond acceptors (Lipinski definition) is 4. The number of carboxylic acid groups (broad SMARTS) is 1. The summed E-state index contributed by atoms with van der Waals surface area (Å²) in [5.74, 6) is -0.707. The van der Waals surface area contributed by atoms with E-state index < -0.39 is 5.97 Å². The van der Waals surface area contributed by atoms with Crippen molar-refractivity contribution in [1.82, 2.24) is 10.2 Å². The van der Waals surface area contributed by atoms with Crippen molar-refractivity contribution in [1.29, 1.82) is 0 Å². The summed E-state index contributed by atoms with van der Waals surface area (Å²) < 4.78 is 5.06. The molecule has 0 aromatic heterocycles. The van der Waals surface area contributed by atoms with Gasteiger partial charge in [0, 0.05) is 39.3 Å². The van der Waals surface area contributed by atoms with E-state index in [0.29, 0.717) is 6.04 Å². The summed E-state index contributed by atoms with van der Waals surface area (Å²) in [6, 6.07) is 0.523. The Morgan fingerprint density at radius 3 is 3.06 bits per heavy atom. The molecule has 1 saturated heterocycles. The van der Waals surface area contributed by atoms with Crippen LogP contribution in [0.1, 0.15) is 32.1 Å². The number of likely N-dealkylation sites (tertiary alicyclic amines) is 1. The second-order valence-corrected chi connectivity index (χ2v) is 4.94. The van der Waals surface area contributed by atoms with Gasteiger partial charge in [-0.15, -0.1) is 0 Å². The first-order valence-electron chi connectivity index (χ1n) is 6.89. The minimum Gasteiger partial charge on any atom is -0.481 e. The summed E-state index contributed by atoms with van der Waals surface area (Å²) in [5.41, 5.74) is 0. The maximum atomic E-state index is 10.4. The van der Waals surface area contributed by atoms with Gasteiger partial charge < -0.3 is 20.1 Å². The van der Waals surface area contributed by atoms with Crippen molar-refractivity contribution < 1.29 is 14.6 Å². The summed E-state index contributed by atoms with van der Waals surface area (Å²) >= 11 is 0. The smallest absolute Gasteiger partial charge is 0.303 e. The molecule has 1 rings (SSSR count). The molecular weight excluding hydrogens is 232 g/mol. The zero-order valence-corrected chi connectivity index (χ0v) is 11.4. The van der Waals surface area contributed by atoms with Crippen LogP contribution in [0.25, 0.3) is 0 Å². The summed E-state index contributed by atoms with van der Waals surface area (Å²) in [7, 11) is 1.74. The molecule has 1 atom stereocenters. The quantitative estimate of drug-likeness (QED) is 0.603. The Morgan fingerprint density at radius 2 is 2.33 bits per heavy atom. The zero-order valence-electron chi connectivity index (χ0n) is 11.4. The average Bonchev–Trinajstić information content (AvgIpc) is 2.35. The van der Waals surface area contributed by atoms with Crippen molar-refractivity contribution in [2.45, 2.75) is 38.1 Å². The second kappa shape index (κ2) is 9.30. The molecule has 1 aliphatic rings. The Labute approximate surface area is 109 Å². The van der Waals surface area contributed by atoms with Crippen molar-refractivity contribution in [2.75, 3.05) is 39.9 Å². The van der Waals surface area contributed by atoms with E-state index >= 15 is 0 Å². The first kappa shape index (κ1) is 15.4. The van der Waals surface area contributed by atoms with E-state index in [2.05, 4.69) is 10.2 Å². The van der Waals surface area contributed by atoms with E-state index in [1.807, 2.05) is 0 Å². The lowest BCUT2D eigenvalue weighted by Crippen LogP contribution is -2.46. The highest BCUT2D eigenvalue weighted by Gasteiger charge is 2.18. The van der Waals surface area contributed by atoms with Gasteiger partial charge >= 0.3 is 5.97 Å². The van der Waals surface area contributed by atoms with E-state index in [1.165, 1.54) is 19.4 Å². The van der Waals surface area contributed by atoms with Gasteiger partial charge in [-0.1, -0.05) is 0 Å². The Balaban J connectivity index is 2.08. The number of nitrogens with one attached hydrogen (secondary N) is 1. The van der Waals surface area contributed by atoms with Crippen LogP contribution in [-0.2, 0) is 9.53 Å². The van der Waals surface area contributed by atoms with Gasteiger partial charge in [-0.05, 0) is 38.8 Å². The van der Waals surface area contributed by atoms with E-state index in [0.717, 1.165) is 39.1 Å². The lowest BCUT2D eigenvalue weighted by atomic mass is 10.1. The maximum Gasteiger partial charge on any atom is 0.303 e. The van der Waals surface area contributed by atoms with Gasteiger partial charge in [-0.3, -0.25) is 4.79 Å². The molecule has 0 aromatic carbocycles. The molecule has 5 nitrogen and oxygen atoms in total. The molecule has 0 amide bonds. The Morgan fingerprint density at radius 1 is 1.50 bits per heavy atom. The van der Waals surface area contributed by atoms with E-state index in [1.54, 1.807) is 7.11 Å². The maximum absolute atomic E-state index is 10.4. The Hall–Kier alpha value is -0.650. The molecule has 0 saturated carbocycles. The third-order valence-electron chi connectivity index (χ3n) is 3.33. The first-order chi connectivity index (χ1) is 8.72. The fraction of sp³-hybridized carbons (Fsp3) is 0.923. The standard InChI is InChI=1S/C13H26N2O3/c1-18-10-4-9-15-8-3-5-12(11-15)14-7-2-6-13(16)17/h12,14H,2-11H2,1H3,(H,16,17). The second-order valence-electron chi connectivity index (χ2n) is 4.94. The fourth-order valence-corrected chi connectivity index (χ4v) is 2.40. The number of piperidine rings is 1. The monoisotopic (exact) mass is 258 g/mol. The predicted molar refractivity (Wildman–Crippen MR) is 70.8 cm³/mol. The van der Waals surface area contributed by atoms with Crippen molar-refractivity contribution >= 4 is 5.97 Å². The van der Waals surface area contributed by atoms with Crippen LogP contribution >= 0.6 is 0 Å². The molecule has 0 bridgehead atoms. The molecule has 1 fully saturated rings. The lowest BCUT2D eigenvalue weighted by molar-refractivity contribution is -0.137. The minimum atomic E-state index is -0.707. The highest BCUT2D eigenvalue weighted by Crippen LogP contribution is 2.10. The zero-order chi connectivity index (χ0) is 13.2. The molecule has 0 aromatic rings. The SMILES string of the molecule is COCCCN1CCCC(NCCCC(=O)O)C1. The third kappa shape index (κ3) is 6.93. The van der Waals surface area contributed by atoms with Gasteiger partial charge in [-0.25, -0.2) is 0 Å². The highest BCUT2D eigenvalue weighted by atomic mass is 16.5. The van der Waals surface area contributed by atoms with Gasteiger partial charge in [-0.2, -0.15) is 0 Å². The average molecular weight is 258 g/mol. The number of carbonyl (C=O) groups is 1. The number of nitrogens with zero attached hydrogens (tertiary/aromatic N) is 1. The molecule has 18 heavy (non-hydrogen) atoms. The molecule has 0 spiro atoms. The number of hydrogen-bond donors (Lipinski definition) is 2. The highest BCUT2D eigenvalue weighted by molar-refractivity contribution is 5.66. The molecule has 1 unspecified atom stereocenters. The molecule has 0 radical (unpaired) electrons. The van der Waals surface area contributed by atoms with Crippen LogP contribution in [0.5, 0.6) is 0 Å². The summed E-state index contributed by atoms with van der Waals surface area (Å²) in [5, 5.41) is 12.0. The van der Waals surface area contributed by atoms with Crippen LogP contribution < -0.4 is 5.32 Å². The molecule has 106 valence electrons. The van der Waals surface area contributed by atoms with Crippen LogP contribution in [0, 0.1) is 0 Å². The minimum absolute atomic E-state index is 0.261. The van der Waals surface area contributed by atoms with Crippen molar-refractivity contribution in [3.63, 3.8) is 0 Å². The summed E-state index contributed by atoms with van der Waals surface area (Å²) in [6.45, 7) is 4.99. The van der Waals surface area contributed by atoms with E-state index in [4.69, 9.17) is 9.84 Å². The number of methoxy groups -OCH3 is 1. The fourth-order valence-electron chi connectivity index (χ4n) is 2.40. The lowest BCUT2D eigenvalue weighted by Gasteiger charge is -2.33. The predicted octanol–water partition coefficient (Wildman–Crippen LogP) is 0.942. The van der Waals surface area contributed by atoms with Crippen LogP contribution in [0.2, 0.25) is 0 Å². The van der Waals surface area contributed by atoms with Crippen molar-refractivity contribution in [3.05, 3.63) is 0 Å². The molecule has 0 aliphatic carbocycles. The van der Waals surface area contributed by atoms with Crippen molar-refractivity contribution in [2.24, 2.45) is 0 Å². The Bertz CT molecular complexity index is 236. The van der Waals surface area contributed by atoms with E-state index in [9.17, 15) is 4.79 Å². The first-order valence-corrected chi connectivity index (χ1v) is 6.89. The van der Waals surface area contributed by atoms with Crippen molar-refractivity contribution in [3.8, 4) is 0 Å².